The lowest BCUT2D eigenvalue weighted by Crippen LogP contribution is -2.26. The van der Waals surface area contributed by atoms with Crippen LogP contribution < -0.4 is 5.73 Å². The highest BCUT2D eigenvalue weighted by Crippen LogP contribution is 2.20. The Kier molecular flexibility index (Phi) is 4.95. The van der Waals surface area contributed by atoms with E-state index in [0.717, 1.165) is 28.1 Å². The van der Waals surface area contributed by atoms with Crippen LogP contribution in [0.2, 0.25) is 0 Å². The first kappa shape index (κ1) is 13.2. The fourth-order valence-corrected chi connectivity index (χ4v) is 2.70. The molecule has 0 aliphatic heterocycles. The maximum absolute atomic E-state index is 5.58. The van der Waals surface area contributed by atoms with Crippen LogP contribution in [0.1, 0.15) is 19.5 Å². The van der Waals surface area contributed by atoms with Crippen LogP contribution in [0.4, 0.5) is 5.95 Å². The topological polar surface area (TPSA) is 55.0 Å². The van der Waals surface area contributed by atoms with E-state index in [9.17, 15) is 0 Å². The van der Waals surface area contributed by atoms with E-state index in [1.807, 2.05) is 13.0 Å². The molecule has 1 heterocycles. The molecule has 0 radical (unpaired) electrons. The van der Waals surface area contributed by atoms with E-state index < -0.39 is 0 Å². The van der Waals surface area contributed by atoms with E-state index in [1.54, 1.807) is 0 Å². The quantitative estimate of drug-likeness (QED) is 0.508. The molecule has 0 amide bonds. The minimum Gasteiger partial charge on any atom is -0.368 e. The van der Waals surface area contributed by atoms with Crippen molar-refractivity contribution in [2.75, 3.05) is 18.8 Å². The van der Waals surface area contributed by atoms with E-state index >= 15 is 0 Å². The fourth-order valence-electron chi connectivity index (χ4n) is 1.25. The van der Waals surface area contributed by atoms with Gasteiger partial charge in [-0.15, -0.1) is 0 Å². The number of hydrogen-bond acceptors (Lipinski definition) is 5. The smallest absolute Gasteiger partial charge is 0.221 e. The lowest BCUT2D eigenvalue weighted by molar-refractivity contribution is 0.482. The van der Waals surface area contributed by atoms with Crippen LogP contribution in [-0.2, 0) is 0 Å². The van der Waals surface area contributed by atoms with Gasteiger partial charge in [0.15, 0.2) is 0 Å². The molecule has 1 rings (SSSR count). The molecule has 1 aromatic heterocycles. The van der Waals surface area contributed by atoms with Gasteiger partial charge < -0.3 is 10.6 Å². The highest BCUT2D eigenvalue weighted by molar-refractivity contribution is 8.22. The first-order valence-corrected chi connectivity index (χ1v) is 6.37. The first-order valence-electron chi connectivity index (χ1n) is 5.14. The van der Waals surface area contributed by atoms with Crippen molar-refractivity contribution in [3.05, 3.63) is 11.8 Å². The van der Waals surface area contributed by atoms with Gasteiger partial charge in [-0.2, -0.15) is 0 Å². The summed E-state index contributed by atoms with van der Waals surface area (Å²) in [5, 5.41) is 0.807. The average Bonchev–Trinajstić information content (AvgIpc) is 2.17. The molecule has 1 aromatic rings. The second kappa shape index (κ2) is 6.00. The lowest BCUT2D eigenvalue weighted by Gasteiger charge is -2.20. The summed E-state index contributed by atoms with van der Waals surface area (Å²) in [6.45, 7) is 7.86. The van der Waals surface area contributed by atoms with Crippen LogP contribution in [0, 0.1) is 6.92 Å². The summed E-state index contributed by atoms with van der Waals surface area (Å²) in [7, 11) is 0. The van der Waals surface area contributed by atoms with Gasteiger partial charge in [0.25, 0.3) is 0 Å². The maximum atomic E-state index is 5.58. The van der Waals surface area contributed by atoms with Crippen LogP contribution in [0.5, 0.6) is 0 Å². The summed E-state index contributed by atoms with van der Waals surface area (Å²) < 4.78 is 0.822. The molecule has 0 atom stereocenters. The third kappa shape index (κ3) is 3.61. The number of anilines is 1. The monoisotopic (exact) mass is 256 g/mol. The summed E-state index contributed by atoms with van der Waals surface area (Å²) in [6.07, 6.45) is 0. The molecule has 0 aliphatic carbocycles. The summed E-state index contributed by atoms with van der Waals surface area (Å²) in [6, 6.07) is 1.89. The number of nitrogens with zero attached hydrogens (tertiary/aromatic N) is 3. The summed E-state index contributed by atoms with van der Waals surface area (Å²) in [5.41, 5.74) is 6.44. The van der Waals surface area contributed by atoms with Crippen molar-refractivity contribution in [2.45, 2.75) is 25.8 Å². The number of hydrogen-bond donors (Lipinski definition) is 1. The number of thiocarbonyl (C=S) groups is 1. The molecule has 0 saturated heterocycles. The Hall–Kier alpha value is -0.880. The van der Waals surface area contributed by atoms with Crippen molar-refractivity contribution in [3.63, 3.8) is 0 Å². The Labute approximate surface area is 106 Å². The zero-order valence-electron chi connectivity index (χ0n) is 9.73. The third-order valence-corrected chi connectivity index (χ3v) is 3.42. The van der Waals surface area contributed by atoms with Gasteiger partial charge >= 0.3 is 0 Å². The Morgan fingerprint density at radius 1 is 1.44 bits per heavy atom. The number of aryl methyl sites for hydroxylation is 1. The molecule has 0 saturated carbocycles. The van der Waals surface area contributed by atoms with Gasteiger partial charge in [-0.05, 0) is 38.6 Å². The third-order valence-electron chi connectivity index (χ3n) is 2.06. The fraction of sp³-hybridized carbons (Fsp3) is 0.500. The second-order valence-corrected chi connectivity index (χ2v) is 4.90. The zero-order valence-corrected chi connectivity index (χ0v) is 11.4. The van der Waals surface area contributed by atoms with E-state index in [1.165, 1.54) is 11.8 Å². The highest BCUT2D eigenvalue weighted by Gasteiger charge is 2.09. The molecule has 0 fully saturated rings. The summed E-state index contributed by atoms with van der Waals surface area (Å²) in [4.78, 5) is 10.3. The summed E-state index contributed by atoms with van der Waals surface area (Å²) in [5.74, 6) is 0.296. The molecular weight excluding hydrogens is 240 g/mol. The Balaban J connectivity index is 2.76. The molecule has 6 heteroatoms. The normalized spacial score (nSPS) is 10.2. The van der Waals surface area contributed by atoms with E-state index in [-0.39, 0.29) is 0 Å². The highest BCUT2D eigenvalue weighted by atomic mass is 32.2. The minimum absolute atomic E-state index is 0.296. The molecule has 16 heavy (non-hydrogen) atoms. The average molecular weight is 256 g/mol. The SMILES string of the molecule is CCN(CC)C(=S)Sc1cc(C)nc(N)n1. The number of rotatable bonds is 3. The number of aromatic nitrogens is 2. The van der Waals surface area contributed by atoms with Crippen LogP contribution in [0.25, 0.3) is 0 Å². The minimum atomic E-state index is 0.296. The predicted molar refractivity (Wildman–Crippen MR) is 72.6 cm³/mol. The molecule has 2 N–H and O–H groups in total. The first-order chi connectivity index (χ1) is 7.56. The van der Waals surface area contributed by atoms with Gasteiger partial charge in [-0.3, -0.25) is 0 Å². The number of nitrogens with two attached hydrogens (primary N) is 1. The molecular formula is C10H16N4S2. The van der Waals surface area contributed by atoms with Gasteiger partial charge in [-0.1, -0.05) is 12.2 Å². The van der Waals surface area contributed by atoms with Crippen LogP contribution in [0.3, 0.4) is 0 Å². The Bertz CT molecular complexity index is 357. The van der Waals surface area contributed by atoms with Crippen molar-refractivity contribution in [3.8, 4) is 0 Å². The molecule has 0 spiro atoms. The van der Waals surface area contributed by atoms with E-state index in [2.05, 4.69) is 28.7 Å². The molecule has 0 aromatic carbocycles. The van der Waals surface area contributed by atoms with Crippen LogP contribution in [-0.4, -0.2) is 32.3 Å². The van der Waals surface area contributed by atoms with Gasteiger partial charge in [0.05, 0.1) is 0 Å². The van der Waals surface area contributed by atoms with E-state index in [4.69, 9.17) is 18.0 Å². The molecule has 4 nitrogen and oxygen atoms in total. The Morgan fingerprint density at radius 2 is 2.06 bits per heavy atom. The second-order valence-electron chi connectivity index (χ2n) is 3.25. The summed E-state index contributed by atoms with van der Waals surface area (Å²) >= 11 is 6.79. The largest absolute Gasteiger partial charge is 0.368 e. The van der Waals surface area contributed by atoms with Gasteiger partial charge in [-0.25, -0.2) is 9.97 Å². The standard InChI is InChI=1S/C10H16N4S2/c1-4-14(5-2)10(15)16-8-6-7(3)12-9(11)13-8/h6H,4-5H2,1-3H3,(H2,11,12,13). The molecule has 0 bridgehead atoms. The molecule has 88 valence electrons. The van der Waals surface area contributed by atoms with Crippen molar-refractivity contribution in [1.29, 1.82) is 0 Å². The van der Waals surface area contributed by atoms with Crippen molar-refractivity contribution >= 4 is 34.2 Å². The van der Waals surface area contributed by atoms with Gasteiger partial charge in [0, 0.05) is 18.8 Å². The number of thioether (sulfide) groups is 1. The lowest BCUT2D eigenvalue weighted by atomic mass is 10.5. The Morgan fingerprint density at radius 3 is 2.56 bits per heavy atom. The van der Waals surface area contributed by atoms with Crippen LogP contribution in [0.15, 0.2) is 11.1 Å². The van der Waals surface area contributed by atoms with Gasteiger partial charge in [0.2, 0.25) is 5.95 Å². The van der Waals surface area contributed by atoms with Crippen molar-refractivity contribution in [1.82, 2.24) is 14.9 Å². The van der Waals surface area contributed by atoms with Gasteiger partial charge in [0.1, 0.15) is 9.35 Å². The predicted octanol–water partition coefficient (Wildman–Crippen LogP) is 2.09. The zero-order chi connectivity index (χ0) is 12.1. The van der Waals surface area contributed by atoms with E-state index in [0.29, 0.717) is 5.95 Å². The number of nitrogen functional groups attached to an aromatic ring is 1. The van der Waals surface area contributed by atoms with Crippen molar-refractivity contribution < 1.29 is 0 Å². The van der Waals surface area contributed by atoms with Crippen LogP contribution >= 0.6 is 24.0 Å². The molecule has 0 unspecified atom stereocenters. The molecule has 0 aliphatic rings. The van der Waals surface area contributed by atoms with Crippen molar-refractivity contribution in [2.24, 2.45) is 0 Å². The maximum Gasteiger partial charge on any atom is 0.221 e.